The third-order valence-electron chi connectivity index (χ3n) is 4.64. The Morgan fingerprint density at radius 3 is 2.62 bits per heavy atom. The van der Waals surface area contributed by atoms with Gasteiger partial charge in [-0.15, -0.1) is 0 Å². The predicted octanol–water partition coefficient (Wildman–Crippen LogP) is 4.74. The van der Waals surface area contributed by atoms with Gasteiger partial charge in [-0.2, -0.15) is 0 Å². The number of nitro benzene ring substituents is 1. The van der Waals surface area contributed by atoms with Crippen molar-refractivity contribution in [3.63, 3.8) is 0 Å². The number of non-ortho nitro benzene ring substituents is 1. The molecule has 1 N–H and O–H groups in total. The summed E-state index contributed by atoms with van der Waals surface area (Å²) >= 11 is 5.96. The Bertz CT molecular complexity index is 833. The molecule has 2 aromatic rings. The normalized spacial score (nSPS) is 14.9. The van der Waals surface area contributed by atoms with Crippen LogP contribution in [-0.4, -0.2) is 23.9 Å². The molecule has 0 unspecified atom stereocenters. The van der Waals surface area contributed by atoms with Crippen molar-refractivity contribution >= 4 is 34.6 Å². The van der Waals surface area contributed by atoms with Gasteiger partial charge in [0.15, 0.2) is 0 Å². The lowest BCUT2D eigenvalue weighted by atomic mass is 9.98. The molecule has 0 aromatic heterocycles. The van der Waals surface area contributed by atoms with E-state index in [2.05, 4.69) is 17.1 Å². The fraction of sp³-hybridized carbons (Fsp3) is 0.316. The first-order valence-corrected chi connectivity index (χ1v) is 8.92. The molecular formula is C19H20ClN3O3. The van der Waals surface area contributed by atoms with Gasteiger partial charge in [-0.05, 0) is 43.0 Å². The van der Waals surface area contributed by atoms with Crippen molar-refractivity contribution < 1.29 is 9.72 Å². The maximum absolute atomic E-state index is 12.8. The van der Waals surface area contributed by atoms with Gasteiger partial charge in [0.05, 0.1) is 16.2 Å². The average Bonchev–Trinajstić information content (AvgIpc) is 2.62. The van der Waals surface area contributed by atoms with Gasteiger partial charge >= 0.3 is 0 Å². The quantitative estimate of drug-likeness (QED) is 0.620. The summed E-state index contributed by atoms with van der Waals surface area (Å²) in [7, 11) is 0. The molecule has 0 saturated carbocycles. The van der Waals surface area contributed by atoms with E-state index in [1.165, 1.54) is 12.1 Å². The van der Waals surface area contributed by atoms with Crippen molar-refractivity contribution in [1.82, 2.24) is 0 Å². The number of nitrogens with one attached hydrogen (secondary N) is 1. The van der Waals surface area contributed by atoms with Crippen LogP contribution in [0.3, 0.4) is 0 Å². The van der Waals surface area contributed by atoms with Crippen LogP contribution in [0.25, 0.3) is 0 Å². The van der Waals surface area contributed by atoms with Gasteiger partial charge in [-0.3, -0.25) is 14.9 Å². The number of hydrogen-bond acceptors (Lipinski definition) is 4. The standard InChI is InChI=1S/C19H20ClN3O3/c1-13-7-9-22(10-8-13)18-6-5-16(23(25)26)12-17(18)19(24)21-15-4-2-3-14(20)11-15/h2-6,11-13H,7-10H2,1H3,(H,21,24). The van der Waals surface area contributed by atoms with Crippen LogP contribution in [0.4, 0.5) is 17.1 Å². The highest BCUT2D eigenvalue weighted by molar-refractivity contribution is 6.31. The molecule has 3 rings (SSSR count). The van der Waals surface area contributed by atoms with Crippen LogP contribution in [0.2, 0.25) is 5.02 Å². The van der Waals surface area contributed by atoms with Gasteiger partial charge in [0.25, 0.3) is 11.6 Å². The molecule has 1 heterocycles. The summed E-state index contributed by atoms with van der Waals surface area (Å²) < 4.78 is 0. The van der Waals surface area contributed by atoms with E-state index in [4.69, 9.17) is 11.6 Å². The molecular weight excluding hydrogens is 354 g/mol. The number of piperidine rings is 1. The summed E-state index contributed by atoms with van der Waals surface area (Å²) in [6.07, 6.45) is 2.07. The molecule has 2 aromatic carbocycles. The van der Waals surface area contributed by atoms with Crippen molar-refractivity contribution in [3.05, 3.63) is 63.2 Å². The van der Waals surface area contributed by atoms with Crippen LogP contribution in [0, 0.1) is 16.0 Å². The van der Waals surface area contributed by atoms with Crippen LogP contribution < -0.4 is 10.2 Å². The Hall–Kier alpha value is -2.60. The minimum atomic E-state index is -0.488. The Kier molecular flexibility index (Phi) is 5.42. The Labute approximate surface area is 156 Å². The van der Waals surface area contributed by atoms with E-state index in [-0.39, 0.29) is 11.6 Å². The summed E-state index contributed by atoms with van der Waals surface area (Å²) in [5, 5.41) is 14.4. The maximum Gasteiger partial charge on any atom is 0.270 e. The van der Waals surface area contributed by atoms with Crippen molar-refractivity contribution in [2.45, 2.75) is 19.8 Å². The number of carbonyl (C=O) groups is 1. The molecule has 0 spiro atoms. The molecule has 26 heavy (non-hydrogen) atoms. The van der Waals surface area contributed by atoms with Crippen molar-refractivity contribution in [2.75, 3.05) is 23.3 Å². The molecule has 0 aliphatic carbocycles. The largest absolute Gasteiger partial charge is 0.371 e. The number of hydrogen-bond donors (Lipinski definition) is 1. The molecule has 7 heteroatoms. The van der Waals surface area contributed by atoms with Crippen LogP contribution in [0.15, 0.2) is 42.5 Å². The minimum absolute atomic E-state index is 0.102. The molecule has 0 radical (unpaired) electrons. The second-order valence-electron chi connectivity index (χ2n) is 6.59. The monoisotopic (exact) mass is 373 g/mol. The van der Waals surface area contributed by atoms with Crippen molar-refractivity contribution in [1.29, 1.82) is 0 Å². The fourth-order valence-electron chi connectivity index (χ4n) is 3.11. The second kappa shape index (κ2) is 7.74. The fourth-order valence-corrected chi connectivity index (χ4v) is 3.30. The number of carbonyl (C=O) groups excluding carboxylic acids is 1. The number of amides is 1. The van der Waals surface area contributed by atoms with Crippen LogP contribution in [0.1, 0.15) is 30.1 Å². The first kappa shape index (κ1) is 18.2. The van der Waals surface area contributed by atoms with E-state index < -0.39 is 4.92 Å². The Balaban J connectivity index is 1.92. The number of nitrogens with zero attached hydrogens (tertiary/aromatic N) is 2. The molecule has 1 amide bonds. The molecule has 136 valence electrons. The van der Waals surface area contributed by atoms with Crippen molar-refractivity contribution in [3.8, 4) is 0 Å². The minimum Gasteiger partial charge on any atom is -0.371 e. The molecule has 0 bridgehead atoms. The number of benzene rings is 2. The third kappa shape index (κ3) is 4.14. The number of rotatable bonds is 4. The van der Waals surface area contributed by atoms with E-state index in [1.807, 2.05) is 0 Å². The zero-order chi connectivity index (χ0) is 18.7. The van der Waals surface area contributed by atoms with E-state index >= 15 is 0 Å². The van der Waals surface area contributed by atoms with Gasteiger partial charge < -0.3 is 10.2 Å². The van der Waals surface area contributed by atoms with Crippen LogP contribution in [0.5, 0.6) is 0 Å². The lowest BCUT2D eigenvalue weighted by Crippen LogP contribution is -2.34. The molecule has 0 atom stereocenters. The summed E-state index contributed by atoms with van der Waals surface area (Å²) in [6.45, 7) is 3.87. The van der Waals surface area contributed by atoms with Gasteiger partial charge in [-0.1, -0.05) is 24.6 Å². The van der Waals surface area contributed by atoms with Crippen molar-refractivity contribution in [2.24, 2.45) is 5.92 Å². The number of nitro groups is 1. The Morgan fingerprint density at radius 2 is 1.96 bits per heavy atom. The topological polar surface area (TPSA) is 75.5 Å². The number of anilines is 2. The summed E-state index contributed by atoms with van der Waals surface area (Å²) in [5.74, 6) is 0.262. The first-order chi connectivity index (χ1) is 12.4. The van der Waals surface area contributed by atoms with Crippen LogP contribution in [-0.2, 0) is 0 Å². The maximum atomic E-state index is 12.8. The summed E-state index contributed by atoms with van der Waals surface area (Å²) in [5.41, 5.74) is 1.47. The van der Waals surface area contributed by atoms with E-state index in [1.54, 1.807) is 30.3 Å². The molecule has 1 saturated heterocycles. The predicted molar refractivity (Wildman–Crippen MR) is 103 cm³/mol. The summed E-state index contributed by atoms with van der Waals surface area (Å²) in [4.78, 5) is 25.6. The SMILES string of the molecule is CC1CCN(c2ccc([N+](=O)[O-])cc2C(=O)Nc2cccc(Cl)c2)CC1. The smallest absolute Gasteiger partial charge is 0.270 e. The number of halogens is 1. The second-order valence-corrected chi connectivity index (χ2v) is 7.03. The molecule has 1 fully saturated rings. The lowest BCUT2D eigenvalue weighted by molar-refractivity contribution is -0.384. The van der Waals surface area contributed by atoms with E-state index in [0.29, 0.717) is 22.2 Å². The molecule has 1 aliphatic rings. The van der Waals surface area contributed by atoms with Gasteiger partial charge in [0.1, 0.15) is 0 Å². The highest BCUT2D eigenvalue weighted by atomic mass is 35.5. The molecule has 6 nitrogen and oxygen atoms in total. The summed E-state index contributed by atoms with van der Waals surface area (Å²) in [6, 6.07) is 11.3. The third-order valence-corrected chi connectivity index (χ3v) is 4.88. The van der Waals surface area contributed by atoms with E-state index in [9.17, 15) is 14.9 Å². The van der Waals surface area contributed by atoms with E-state index in [0.717, 1.165) is 31.6 Å². The lowest BCUT2D eigenvalue weighted by Gasteiger charge is -2.33. The van der Waals surface area contributed by atoms with Crippen LogP contribution >= 0.6 is 11.6 Å². The average molecular weight is 374 g/mol. The first-order valence-electron chi connectivity index (χ1n) is 8.54. The van der Waals surface area contributed by atoms with Gasteiger partial charge in [0.2, 0.25) is 0 Å². The molecule has 1 aliphatic heterocycles. The zero-order valence-corrected chi connectivity index (χ0v) is 15.2. The van der Waals surface area contributed by atoms with Gasteiger partial charge in [0, 0.05) is 35.9 Å². The Morgan fingerprint density at radius 1 is 1.23 bits per heavy atom. The zero-order valence-electron chi connectivity index (χ0n) is 14.4. The highest BCUT2D eigenvalue weighted by Crippen LogP contribution is 2.30. The van der Waals surface area contributed by atoms with Gasteiger partial charge in [-0.25, -0.2) is 0 Å². The highest BCUT2D eigenvalue weighted by Gasteiger charge is 2.23.